The van der Waals surface area contributed by atoms with E-state index < -0.39 is 22.9 Å². The number of ether oxygens (including phenoxy) is 1. The van der Waals surface area contributed by atoms with Crippen molar-refractivity contribution in [3.8, 4) is 0 Å². The van der Waals surface area contributed by atoms with Gasteiger partial charge >= 0.3 is 6.03 Å². The third-order valence-corrected chi connectivity index (χ3v) is 3.37. The number of imide groups is 1. The Morgan fingerprint density at radius 3 is 2.85 bits per heavy atom. The average molecular weight is 277 g/mol. The lowest BCUT2D eigenvalue weighted by Gasteiger charge is -2.26. The van der Waals surface area contributed by atoms with Crippen LogP contribution in [0.5, 0.6) is 0 Å². The zero-order chi connectivity index (χ0) is 14.3. The van der Waals surface area contributed by atoms with Crippen molar-refractivity contribution in [3.05, 3.63) is 34.4 Å². The molecule has 0 N–H and O–H groups in total. The van der Waals surface area contributed by atoms with Crippen molar-refractivity contribution < 1.29 is 19.2 Å². The minimum absolute atomic E-state index is 0.163. The summed E-state index contributed by atoms with van der Waals surface area (Å²) >= 11 is 0. The first kappa shape index (κ1) is 12.5. The summed E-state index contributed by atoms with van der Waals surface area (Å²) in [6, 6.07) is 4.39. The molecule has 0 radical (unpaired) electrons. The van der Waals surface area contributed by atoms with Crippen LogP contribution in [-0.4, -0.2) is 47.6 Å². The summed E-state index contributed by atoms with van der Waals surface area (Å²) in [6.07, 6.45) is 0. The fourth-order valence-electron chi connectivity index (χ4n) is 2.39. The molecule has 104 valence electrons. The van der Waals surface area contributed by atoms with Crippen molar-refractivity contribution in [2.45, 2.75) is 6.04 Å². The van der Waals surface area contributed by atoms with Gasteiger partial charge in [0, 0.05) is 18.7 Å². The first-order valence-electron chi connectivity index (χ1n) is 6.06. The van der Waals surface area contributed by atoms with Gasteiger partial charge in [-0.15, -0.1) is 0 Å². The Labute approximate surface area is 113 Å². The number of hydrogen-bond acceptors (Lipinski definition) is 5. The highest BCUT2D eigenvalue weighted by molar-refractivity contribution is 6.21. The maximum atomic E-state index is 12.2. The molecule has 0 bridgehead atoms. The topological polar surface area (TPSA) is 93.0 Å². The van der Waals surface area contributed by atoms with Gasteiger partial charge in [-0.2, -0.15) is 0 Å². The van der Waals surface area contributed by atoms with E-state index in [1.54, 1.807) is 0 Å². The van der Waals surface area contributed by atoms with Gasteiger partial charge < -0.3 is 9.64 Å². The van der Waals surface area contributed by atoms with Gasteiger partial charge in [-0.05, 0) is 6.07 Å². The molecule has 0 aromatic heterocycles. The van der Waals surface area contributed by atoms with Gasteiger partial charge in [-0.25, -0.2) is 9.69 Å². The molecule has 2 aliphatic heterocycles. The second kappa shape index (κ2) is 4.57. The number of amides is 3. The summed E-state index contributed by atoms with van der Waals surface area (Å²) < 4.78 is 5.20. The molecule has 2 fully saturated rings. The molecule has 2 saturated heterocycles. The van der Waals surface area contributed by atoms with Crippen LogP contribution in [0.1, 0.15) is 0 Å². The number of non-ortho nitro benzene ring substituents is 1. The van der Waals surface area contributed by atoms with Crippen molar-refractivity contribution >= 4 is 23.3 Å². The lowest BCUT2D eigenvalue weighted by atomic mass is 10.2. The van der Waals surface area contributed by atoms with Crippen LogP contribution in [0.3, 0.4) is 0 Å². The van der Waals surface area contributed by atoms with E-state index in [9.17, 15) is 19.7 Å². The van der Waals surface area contributed by atoms with Crippen molar-refractivity contribution in [3.63, 3.8) is 0 Å². The van der Waals surface area contributed by atoms with Gasteiger partial charge in [0.05, 0.1) is 23.8 Å². The van der Waals surface area contributed by atoms with Gasteiger partial charge in [0.1, 0.15) is 6.04 Å². The van der Waals surface area contributed by atoms with E-state index in [4.69, 9.17) is 4.74 Å². The zero-order valence-corrected chi connectivity index (χ0v) is 10.4. The van der Waals surface area contributed by atoms with Gasteiger partial charge in [0.15, 0.2) is 0 Å². The molecule has 2 heterocycles. The normalized spacial score (nSPS) is 22.1. The summed E-state index contributed by atoms with van der Waals surface area (Å²) in [5.41, 5.74) is 0.0489. The Bertz CT molecular complexity index is 579. The Morgan fingerprint density at radius 2 is 2.15 bits per heavy atom. The Morgan fingerprint density at radius 1 is 1.35 bits per heavy atom. The summed E-state index contributed by atoms with van der Waals surface area (Å²) in [5.74, 6) is -0.407. The average Bonchev–Trinajstić information content (AvgIpc) is 2.72. The minimum atomic E-state index is -0.629. The Kier molecular flexibility index (Phi) is 2.87. The number of nitrogens with zero attached hydrogens (tertiary/aromatic N) is 3. The van der Waals surface area contributed by atoms with E-state index in [1.807, 2.05) is 0 Å². The summed E-state index contributed by atoms with van der Waals surface area (Å²) in [4.78, 5) is 37.1. The van der Waals surface area contributed by atoms with Crippen molar-refractivity contribution in [1.29, 1.82) is 0 Å². The number of benzene rings is 1. The second-order valence-electron chi connectivity index (χ2n) is 4.52. The first-order valence-corrected chi connectivity index (χ1v) is 6.06. The quantitative estimate of drug-likeness (QED) is 0.452. The monoisotopic (exact) mass is 277 g/mol. The molecule has 1 aromatic carbocycles. The molecule has 8 nitrogen and oxygen atoms in total. The van der Waals surface area contributed by atoms with Crippen molar-refractivity contribution in [2.75, 3.05) is 24.7 Å². The number of fused-ring (bicyclic) bond motifs is 1. The fourth-order valence-corrected chi connectivity index (χ4v) is 2.39. The maximum Gasteiger partial charge on any atom is 0.332 e. The van der Waals surface area contributed by atoms with E-state index in [0.29, 0.717) is 13.2 Å². The molecule has 1 unspecified atom stereocenters. The molecular weight excluding hydrogens is 266 g/mol. The summed E-state index contributed by atoms with van der Waals surface area (Å²) in [7, 11) is 0. The molecule has 3 rings (SSSR count). The number of nitro benzene ring substituents is 1. The number of urea groups is 1. The van der Waals surface area contributed by atoms with Gasteiger partial charge in [-0.1, -0.05) is 6.07 Å². The SMILES string of the molecule is O=C1C2COCCN2C(=O)N1c1cccc([N+](=O)[O-])c1. The molecule has 1 aromatic rings. The van der Waals surface area contributed by atoms with Gasteiger partial charge in [0.25, 0.3) is 11.6 Å². The third-order valence-electron chi connectivity index (χ3n) is 3.37. The molecule has 1 atom stereocenters. The van der Waals surface area contributed by atoms with E-state index in [0.717, 1.165) is 4.90 Å². The standard InChI is InChI=1S/C12H11N3O5/c16-11-10-7-20-5-4-13(10)12(17)14(11)8-2-1-3-9(6-8)15(18)19/h1-3,6,10H,4-5,7H2. The molecule has 20 heavy (non-hydrogen) atoms. The number of anilines is 1. The zero-order valence-electron chi connectivity index (χ0n) is 10.4. The van der Waals surface area contributed by atoms with Crippen LogP contribution in [-0.2, 0) is 9.53 Å². The summed E-state index contributed by atoms with van der Waals surface area (Å²) in [6.45, 7) is 0.898. The smallest absolute Gasteiger partial charge is 0.332 e. The highest BCUT2D eigenvalue weighted by Crippen LogP contribution is 2.29. The predicted octanol–water partition coefficient (Wildman–Crippen LogP) is 0.762. The molecule has 3 amide bonds. The molecule has 8 heteroatoms. The van der Waals surface area contributed by atoms with Crippen LogP contribution in [0.25, 0.3) is 0 Å². The largest absolute Gasteiger partial charge is 0.377 e. The number of carbonyl (C=O) groups is 2. The minimum Gasteiger partial charge on any atom is -0.377 e. The molecule has 0 saturated carbocycles. The third kappa shape index (κ3) is 1.81. The maximum absolute atomic E-state index is 12.2. The number of morpholine rings is 1. The molecular formula is C12H11N3O5. The number of carbonyl (C=O) groups excluding carboxylic acids is 2. The lowest BCUT2D eigenvalue weighted by Crippen LogP contribution is -2.45. The van der Waals surface area contributed by atoms with Crippen molar-refractivity contribution in [1.82, 2.24) is 4.90 Å². The van der Waals surface area contributed by atoms with Gasteiger partial charge in [0.2, 0.25) is 0 Å². The van der Waals surface area contributed by atoms with Crippen LogP contribution in [0.15, 0.2) is 24.3 Å². The highest BCUT2D eigenvalue weighted by atomic mass is 16.6. The molecule has 2 aliphatic rings. The van der Waals surface area contributed by atoms with Crippen LogP contribution in [0.2, 0.25) is 0 Å². The number of nitro groups is 1. The Balaban J connectivity index is 1.97. The predicted molar refractivity (Wildman–Crippen MR) is 67.3 cm³/mol. The highest BCUT2D eigenvalue weighted by Gasteiger charge is 2.47. The van der Waals surface area contributed by atoms with E-state index in [2.05, 4.69) is 0 Å². The van der Waals surface area contributed by atoms with Crippen LogP contribution >= 0.6 is 0 Å². The Hall–Kier alpha value is -2.48. The number of rotatable bonds is 2. The van der Waals surface area contributed by atoms with E-state index in [1.165, 1.54) is 29.2 Å². The lowest BCUT2D eigenvalue weighted by molar-refractivity contribution is -0.384. The fraction of sp³-hybridized carbons (Fsp3) is 0.333. The summed E-state index contributed by atoms with van der Waals surface area (Å²) in [5, 5.41) is 10.8. The second-order valence-corrected chi connectivity index (χ2v) is 4.52. The molecule has 0 spiro atoms. The van der Waals surface area contributed by atoms with E-state index in [-0.39, 0.29) is 18.0 Å². The van der Waals surface area contributed by atoms with Crippen LogP contribution in [0, 0.1) is 10.1 Å². The van der Waals surface area contributed by atoms with Crippen LogP contribution < -0.4 is 4.90 Å². The van der Waals surface area contributed by atoms with E-state index >= 15 is 0 Å². The van der Waals surface area contributed by atoms with Crippen LogP contribution in [0.4, 0.5) is 16.2 Å². The van der Waals surface area contributed by atoms with Crippen molar-refractivity contribution in [2.24, 2.45) is 0 Å². The number of hydrogen-bond donors (Lipinski definition) is 0. The molecule has 0 aliphatic carbocycles. The first-order chi connectivity index (χ1) is 9.59. The van der Waals surface area contributed by atoms with Gasteiger partial charge in [-0.3, -0.25) is 14.9 Å².